The van der Waals surface area contributed by atoms with Crippen LogP contribution in [0.15, 0.2) is 75.2 Å². The zero-order chi connectivity index (χ0) is 24.1. The van der Waals surface area contributed by atoms with Crippen molar-refractivity contribution < 1.29 is 9.21 Å². The first-order valence-electron chi connectivity index (χ1n) is 10.6. The Labute approximate surface area is 205 Å². The van der Waals surface area contributed by atoms with Crippen LogP contribution in [-0.4, -0.2) is 32.7 Å². The molecule has 9 heteroatoms. The van der Waals surface area contributed by atoms with Crippen LogP contribution in [0.4, 0.5) is 0 Å². The van der Waals surface area contributed by atoms with Crippen LogP contribution in [0.3, 0.4) is 0 Å². The fourth-order valence-electron chi connectivity index (χ4n) is 3.55. The summed E-state index contributed by atoms with van der Waals surface area (Å²) in [4.78, 5) is 32.8. The van der Waals surface area contributed by atoms with Crippen LogP contribution in [0.2, 0.25) is 5.02 Å². The van der Waals surface area contributed by atoms with Gasteiger partial charge in [0.2, 0.25) is 5.91 Å². The van der Waals surface area contributed by atoms with Gasteiger partial charge in [-0.25, -0.2) is 4.98 Å². The zero-order valence-corrected chi connectivity index (χ0v) is 20.0. The fourth-order valence-corrected chi connectivity index (χ4v) is 4.62. The van der Waals surface area contributed by atoms with E-state index in [4.69, 9.17) is 21.3 Å². The lowest BCUT2D eigenvalue weighted by Gasteiger charge is -2.21. The molecule has 0 bridgehead atoms. The van der Waals surface area contributed by atoms with E-state index >= 15 is 0 Å². The molecule has 0 spiro atoms. The van der Waals surface area contributed by atoms with Crippen molar-refractivity contribution in [1.82, 2.24) is 14.5 Å². The van der Waals surface area contributed by atoms with Gasteiger partial charge < -0.3 is 9.32 Å². The molecule has 0 saturated carbocycles. The van der Waals surface area contributed by atoms with E-state index in [-0.39, 0.29) is 36.7 Å². The summed E-state index contributed by atoms with van der Waals surface area (Å²) >= 11 is 7.31. The summed E-state index contributed by atoms with van der Waals surface area (Å²) < 4.78 is 6.91. The van der Waals surface area contributed by atoms with Crippen LogP contribution in [0.1, 0.15) is 17.7 Å². The van der Waals surface area contributed by atoms with E-state index in [1.807, 2.05) is 31.2 Å². The number of hydrogen-bond donors (Lipinski definition) is 0. The normalized spacial score (nSPS) is 10.9. The SMILES string of the molecule is Cc1ccccc1-n1c(SCC(=O)N(CCC#N)Cc2ccco2)nc2cc(Cl)ccc2c1=O. The molecule has 7 nitrogen and oxygen atoms in total. The van der Waals surface area contributed by atoms with E-state index in [9.17, 15) is 9.59 Å². The Morgan fingerprint density at radius 3 is 2.79 bits per heavy atom. The first-order chi connectivity index (χ1) is 16.5. The summed E-state index contributed by atoms with van der Waals surface area (Å²) in [5, 5.41) is 10.3. The van der Waals surface area contributed by atoms with E-state index in [1.165, 1.54) is 16.3 Å². The lowest BCUT2D eigenvalue weighted by Crippen LogP contribution is -2.33. The third-order valence-electron chi connectivity index (χ3n) is 5.25. The summed E-state index contributed by atoms with van der Waals surface area (Å²) in [6, 6.07) is 18.1. The average Bonchev–Trinajstić information content (AvgIpc) is 3.34. The minimum atomic E-state index is -0.233. The van der Waals surface area contributed by atoms with Crippen LogP contribution < -0.4 is 5.56 Å². The van der Waals surface area contributed by atoms with Gasteiger partial charge in [-0.15, -0.1) is 0 Å². The maximum absolute atomic E-state index is 13.5. The molecule has 0 unspecified atom stereocenters. The smallest absolute Gasteiger partial charge is 0.266 e. The molecule has 2 heterocycles. The molecule has 1 amide bonds. The number of amides is 1. The third kappa shape index (κ3) is 5.16. The Bertz CT molecular complexity index is 1430. The van der Waals surface area contributed by atoms with E-state index in [0.29, 0.717) is 32.5 Å². The van der Waals surface area contributed by atoms with Crippen molar-refractivity contribution in [2.75, 3.05) is 12.3 Å². The Morgan fingerprint density at radius 1 is 1.24 bits per heavy atom. The van der Waals surface area contributed by atoms with Gasteiger partial charge in [0, 0.05) is 11.6 Å². The predicted molar refractivity (Wildman–Crippen MR) is 132 cm³/mol. The number of para-hydroxylation sites is 1. The molecular weight excluding hydrogens is 472 g/mol. The second kappa shape index (κ2) is 10.6. The largest absolute Gasteiger partial charge is 0.467 e. The highest BCUT2D eigenvalue weighted by Crippen LogP contribution is 2.25. The van der Waals surface area contributed by atoms with E-state index in [1.54, 1.807) is 41.5 Å². The fraction of sp³-hybridized carbons (Fsp3) is 0.200. The zero-order valence-electron chi connectivity index (χ0n) is 18.4. The molecule has 2 aromatic carbocycles. The van der Waals surface area contributed by atoms with E-state index < -0.39 is 0 Å². The van der Waals surface area contributed by atoms with Crippen molar-refractivity contribution in [3.63, 3.8) is 0 Å². The van der Waals surface area contributed by atoms with Gasteiger partial charge in [-0.1, -0.05) is 41.6 Å². The van der Waals surface area contributed by atoms with Crippen molar-refractivity contribution in [3.8, 4) is 11.8 Å². The summed E-state index contributed by atoms with van der Waals surface area (Å²) in [7, 11) is 0. The number of aromatic nitrogens is 2. The molecule has 0 radical (unpaired) electrons. The monoisotopic (exact) mass is 492 g/mol. The number of thioether (sulfide) groups is 1. The van der Waals surface area contributed by atoms with Gasteiger partial charge in [-0.2, -0.15) is 5.26 Å². The molecule has 0 saturated heterocycles. The van der Waals surface area contributed by atoms with Crippen molar-refractivity contribution in [1.29, 1.82) is 5.26 Å². The molecular formula is C25H21ClN4O3S. The second-order valence-corrected chi connectivity index (χ2v) is 8.95. The van der Waals surface area contributed by atoms with Crippen LogP contribution in [0, 0.1) is 18.3 Å². The standard InChI is InChI=1S/C25H21ClN4O3S/c1-17-6-2-3-8-22(17)30-24(32)20-10-9-18(26)14-21(20)28-25(30)34-16-23(31)29(12-5-11-27)15-19-7-4-13-33-19/h2-4,6-10,13-14H,5,12,15-16H2,1H3. The molecule has 0 aliphatic carbocycles. The number of nitrogens with zero attached hydrogens (tertiary/aromatic N) is 4. The van der Waals surface area contributed by atoms with Crippen LogP contribution in [0.5, 0.6) is 0 Å². The lowest BCUT2D eigenvalue weighted by molar-refractivity contribution is -0.129. The number of furan rings is 1. The van der Waals surface area contributed by atoms with Gasteiger partial charge in [-0.3, -0.25) is 14.2 Å². The molecule has 0 N–H and O–H groups in total. The van der Waals surface area contributed by atoms with Crippen LogP contribution in [0.25, 0.3) is 16.6 Å². The molecule has 4 aromatic rings. The van der Waals surface area contributed by atoms with E-state index in [0.717, 1.165) is 5.56 Å². The first-order valence-corrected chi connectivity index (χ1v) is 11.9. The van der Waals surface area contributed by atoms with Gasteiger partial charge in [0.05, 0.1) is 47.6 Å². The highest BCUT2D eigenvalue weighted by molar-refractivity contribution is 7.99. The Kier molecular flexibility index (Phi) is 7.36. The van der Waals surface area contributed by atoms with Gasteiger partial charge in [0.1, 0.15) is 5.76 Å². The number of fused-ring (bicyclic) bond motifs is 1. The minimum absolute atomic E-state index is 0.0382. The third-order valence-corrected chi connectivity index (χ3v) is 6.41. The summed E-state index contributed by atoms with van der Waals surface area (Å²) in [5.41, 5.74) is 1.84. The van der Waals surface area contributed by atoms with Gasteiger partial charge in [0.15, 0.2) is 5.16 Å². The molecule has 2 aromatic heterocycles. The maximum Gasteiger partial charge on any atom is 0.266 e. The molecule has 0 aliphatic heterocycles. The number of benzene rings is 2. The Hall–Kier alpha value is -3.54. The van der Waals surface area contributed by atoms with Gasteiger partial charge in [-0.05, 0) is 48.9 Å². The number of aryl methyl sites for hydroxylation is 1. The minimum Gasteiger partial charge on any atom is -0.467 e. The molecule has 4 rings (SSSR count). The molecule has 172 valence electrons. The van der Waals surface area contributed by atoms with Crippen molar-refractivity contribution in [2.45, 2.75) is 25.0 Å². The van der Waals surface area contributed by atoms with Gasteiger partial charge >= 0.3 is 0 Å². The Balaban J connectivity index is 1.69. The van der Waals surface area contributed by atoms with Crippen molar-refractivity contribution >= 4 is 40.2 Å². The highest BCUT2D eigenvalue weighted by Gasteiger charge is 2.19. The quantitative estimate of drug-likeness (QED) is 0.254. The number of carbonyl (C=O) groups excluding carboxylic acids is 1. The average molecular weight is 493 g/mol. The van der Waals surface area contributed by atoms with Crippen LogP contribution in [-0.2, 0) is 11.3 Å². The molecule has 0 fully saturated rings. The summed E-state index contributed by atoms with van der Waals surface area (Å²) in [6.45, 7) is 2.46. The first kappa shape index (κ1) is 23.6. The highest BCUT2D eigenvalue weighted by atomic mass is 35.5. The Morgan fingerprint density at radius 2 is 2.06 bits per heavy atom. The predicted octanol–water partition coefficient (Wildman–Crippen LogP) is 4.98. The number of rotatable bonds is 8. The second-order valence-electron chi connectivity index (χ2n) is 7.57. The van der Waals surface area contributed by atoms with Crippen molar-refractivity contribution in [3.05, 3.63) is 87.6 Å². The number of halogens is 1. The number of carbonyl (C=O) groups is 1. The maximum atomic E-state index is 13.5. The van der Waals surface area contributed by atoms with Crippen molar-refractivity contribution in [2.24, 2.45) is 0 Å². The summed E-state index contributed by atoms with van der Waals surface area (Å²) in [6.07, 6.45) is 1.75. The lowest BCUT2D eigenvalue weighted by atomic mass is 10.2. The van der Waals surface area contributed by atoms with Gasteiger partial charge in [0.25, 0.3) is 5.56 Å². The molecule has 0 aliphatic rings. The number of nitriles is 1. The number of hydrogen-bond acceptors (Lipinski definition) is 6. The topological polar surface area (TPSA) is 92.1 Å². The summed E-state index contributed by atoms with van der Waals surface area (Å²) in [5.74, 6) is 0.483. The van der Waals surface area contributed by atoms with Crippen LogP contribution >= 0.6 is 23.4 Å². The van der Waals surface area contributed by atoms with E-state index in [2.05, 4.69) is 11.1 Å². The molecule has 0 atom stereocenters. The molecule has 34 heavy (non-hydrogen) atoms.